The van der Waals surface area contributed by atoms with E-state index in [1.165, 1.54) is 13.8 Å². The van der Waals surface area contributed by atoms with Crippen molar-refractivity contribution in [2.75, 3.05) is 6.61 Å². The molecule has 1 aromatic carbocycles. The average Bonchev–Trinajstić information content (AvgIpc) is 3.02. The van der Waals surface area contributed by atoms with Gasteiger partial charge in [0.25, 0.3) is 5.91 Å². The maximum Gasteiger partial charge on any atom is 0.494 e. The number of halogens is 2. The Morgan fingerprint density at radius 2 is 1.62 bits per heavy atom. The lowest BCUT2D eigenvalue weighted by Gasteiger charge is -2.32. The van der Waals surface area contributed by atoms with Crippen LogP contribution in [0, 0.1) is 0 Å². The van der Waals surface area contributed by atoms with Gasteiger partial charge in [-0.15, -0.1) is 0 Å². The molecule has 0 saturated carbocycles. The smallest absolute Gasteiger partial charge is 0.399 e. The van der Waals surface area contributed by atoms with Crippen LogP contribution in [0.25, 0.3) is 0 Å². The zero-order chi connectivity index (χ0) is 21.8. The van der Waals surface area contributed by atoms with E-state index >= 15 is 0 Å². The zero-order valence-corrected chi connectivity index (χ0v) is 17.6. The molecule has 1 amide bonds. The summed E-state index contributed by atoms with van der Waals surface area (Å²) in [5, 5.41) is 9.81. The van der Waals surface area contributed by atoms with Crippen molar-refractivity contribution in [2.24, 2.45) is 0 Å². The maximum atomic E-state index is 13.1. The van der Waals surface area contributed by atoms with Crippen molar-refractivity contribution in [3.05, 3.63) is 29.8 Å². The van der Waals surface area contributed by atoms with Gasteiger partial charge in [-0.1, -0.05) is 24.3 Å². The van der Waals surface area contributed by atoms with Crippen LogP contribution in [0.4, 0.5) is 8.78 Å². The van der Waals surface area contributed by atoms with E-state index < -0.39 is 55.1 Å². The molecule has 2 fully saturated rings. The monoisotopic (exact) mass is 411 g/mol. The predicted molar refractivity (Wildman–Crippen MR) is 104 cm³/mol. The minimum atomic E-state index is -3.17. The largest absolute Gasteiger partial charge is 0.494 e. The molecule has 0 radical (unpaired) electrons. The fourth-order valence-electron chi connectivity index (χ4n) is 3.80. The quantitative estimate of drug-likeness (QED) is 0.770. The van der Waals surface area contributed by atoms with Gasteiger partial charge in [0.2, 0.25) is 0 Å². The van der Waals surface area contributed by atoms with E-state index in [1.54, 1.807) is 12.1 Å². The van der Waals surface area contributed by atoms with Gasteiger partial charge in [-0.25, -0.2) is 0 Å². The van der Waals surface area contributed by atoms with Gasteiger partial charge < -0.3 is 24.1 Å². The summed E-state index contributed by atoms with van der Waals surface area (Å²) in [4.78, 5) is 12.9. The lowest BCUT2D eigenvalue weighted by Crippen LogP contribution is -2.51. The predicted octanol–water partition coefficient (Wildman–Crippen LogP) is 2.25. The maximum absolute atomic E-state index is 13.1. The highest BCUT2D eigenvalue weighted by atomic mass is 19.3. The normalized spacial score (nSPS) is 27.7. The number of alkyl halides is 2. The highest BCUT2D eigenvalue weighted by Crippen LogP contribution is 2.41. The molecule has 0 aliphatic carbocycles. The molecule has 2 aliphatic rings. The third-order valence-corrected chi connectivity index (χ3v) is 6.08. The molecule has 0 bridgehead atoms. The number of nitrogens with zero attached hydrogens (tertiary/aromatic N) is 1. The minimum Gasteiger partial charge on any atom is -0.399 e. The Balaban J connectivity index is 1.84. The van der Waals surface area contributed by atoms with Crippen molar-refractivity contribution in [3.8, 4) is 0 Å². The SMILES string of the molecule is CC1(C)O[C@H](c2ccc(B3OC(C)(C)C(C)(C)O3)cc2)[C@H](CO)N1C(=O)C(F)F. The Labute approximate surface area is 170 Å². The molecular formula is C20H28BF2NO5. The fourth-order valence-corrected chi connectivity index (χ4v) is 3.80. The van der Waals surface area contributed by atoms with Crippen LogP contribution in [0.2, 0.25) is 0 Å². The number of benzene rings is 1. The van der Waals surface area contributed by atoms with Gasteiger partial charge >= 0.3 is 13.5 Å². The molecule has 0 spiro atoms. The molecule has 2 saturated heterocycles. The van der Waals surface area contributed by atoms with Crippen LogP contribution in [-0.2, 0) is 18.8 Å². The Hall–Kier alpha value is -1.55. The number of hydrogen-bond donors (Lipinski definition) is 1. The number of carbonyl (C=O) groups is 1. The van der Waals surface area contributed by atoms with Crippen LogP contribution >= 0.6 is 0 Å². The summed E-state index contributed by atoms with van der Waals surface area (Å²) in [6, 6.07) is 6.29. The first-order chi connectivity index (χ1) is 13.3. The lowest BCUT2D eigenvalue weighted by molar-refractivity contribution is -0.159. The minimum absolute atomic E-state index is 0.465. The van der Waals surface area contributed by atoms with Gasteiger partial charge in [-0.2, -0.15) is 8.78 Å². The summed E-state index contributed by atoms with van der Waals surface area (Å²) < 4.78 is 44.1. The number of hydrogen-bond acceptors (Lipinski definition) is 5. The highest BCUT2D eigenvalue weighted by molar-refractivity contribution is 6.62. The summed E-state index contributed by atoms with van der Waals surface area (Å²) in [6.45, 7) is 10.5. The lowest BCUT2D eigenvalue weighted by atomic mass is 9.78. The molecule has 0 aromatic heterocycles. The summed E-state index contributed by atoms with van der Waals surface area (Å²) in [5.74, 6) is -1.36. The summed E-state index contributed by atoms with van der Waals surface area (Å²) >= 11 is 0. The number of aliphatic hydroxyl groups excluding tert-OH is 1. The summed E-state index contributed by atoms with van der Waals surface area (Å²) in [5.41, 5.74) is -0.719. The van der Waals surface area contributed by atoms with Crippen LogP contribution in [0.15, 0.2) is 24.3 Å². The van der Waals surface area contributed by atoms with E-state index in [0.717, 1.165) is 10.4 Å². The van der Waals surface area contributed by atoms with Crippen molar-refractivity contribution >= 4 is 18.5 Å². The van der Waals surface area contributed by atoms with E-state index in [9.17, 15) is 18.7 Å². The van der Waals surface area contributed by atoms with Gasteiger partial charge in [0.05, 0.1) is 23.9 Å². The van der Waals surface area contributed by atoms with Crippen molar-refractivity contribution < 1.29 is 32.7 Å². The number of amides is 1. The first kappa shape index (κ1) is 22.1. The number of ether oxygens (including phenoxy) is 1. The van der Waals surface area contributed by atoms with E-state index in [-0.39, 0.29) is 0 Å². The van der Waals surface area contributed by atoms with Crippen LogP contribution in [0.1, 0.15) is 53.2 Å². The van der Waals surface area contributed by atoms with Gasteiger partial charge in [-0.05, 0) is 52.6 Å². The Morgan fingerprint density at radius 3 is 2.07 bits per heavy atom. The van der Waals surface area contributed by atoms with Gasteiger partial charge in [0.1, 0.15) is 11.8 Å². The average molecular weight is 411 g/mol. The zero-order valence-electron chi connectivity index (χ0n) is 17.6. The molecule has 2 aliphatic heterocycles. The molecule has 0 unspecified atom stereocenters. The molecule has 9 heteroatoms. The fraction of sp³-hybridized carbons (Fsp3) is 0.650. The topological polar surface area (TPSA) is 68.2 Å². The second kappa shape index (κ2) is 7.30. The highest BCUT2D eigenvalue weighted by Gasteiger charge is 2.53. The van der Waals surface area contributed by atoms with E-state index in [4.69, 9.17) is 14.0 Å². The van der Waals surface area contributed by atoms with Crippen molar-refractivity contribution in [2.45, 2.75) is 77.0 Å². The molecule has 3 rings (SSSR count). The van der Waals surface area contributed by atoms with Crippen LogP contribution in [0.5, 0.6) is 0 Å². The second-order valence-corrected chi connectivity index (χ2v) is 9.00. The van der Waals surface area contributed by atoms with E-state index in [1.807, 2.05) is 39.8 Å². The van der Waals surface area contributed by atoms with Crippen LogP contribution in [0.3, 0.4) is 0 Å². The van der Waals surface area contributed by atoms with E-state index in [2.05, 4.69) is 0 Å². The Morgan fingerprint density at radius 1 is 1.10 bits per heavy atom. The molecule has 2 heterocycles. The summed E-state index contributed by atoms with van der Waals surface area (Å²) in [6.07, 6.45) is -3.90. The van der Waals surface area contributed by atoms with Crippen LogP contribution < -0.4 is 5.46 Å². The Kier molecular flexibility index (Phi) is 5.58. The molecule has 1 N–H and O–H groups in total. The Bertz CT molecular complexity index is 753. The second-order valence-electron chi connectivity index (χ2n) is 9.00. The molecule has 1 aromatic rings. The van der Waals surface area contributed by atoms with Crippen molar-refractivity contribution in [3.63, 3.8) is 0 Å². The molecule has 2 atom stereocenters. The first-order valence-corrected chi connectivity index (χ1v) is 9.66. The molecule has 6 nitrogen and oxygen atoms in total. The van der Waals surface area contributed by atoms with Crippen molar-refractivity contribution in [1.82, 2.24) is 4.90 Å². The van der Waals surface area contributed by atoms with E-state index in [0.29, 0.717) is 5.56 Å². The number of rotatable bonds is 4. The third kappa shape index (κ3) is 3.81. The number of aliphatic hydroxyl groups is 1. The standard InChI is InChI=1S/C20H28BF2NO5/c1-18(2)19(3,4)29-21(28-18)13-9-7-12(8-10-13)15-14(11-25)24(17(26)16(22)23)20(5,6)27-15/h7-10,14-16,25H,11H2,1-6H3/t14-,15+/m0/s1. The summed E-state index contributed by atoms with van der Waals surface area (Å²) in [7, 11) is -0.527. The molecule has 29 heavy (non-hydrogen) atoms. The van der Waals surface area contributed by atoms with Crippen molar-refractivity contribution in [1.29, 1.82) is 0 Å². The molecular weight excluding hydrogens is 383 g/mol. The van der Waals surface area contributed by atoms with Gasteiger partial charge in [0, 0.05) is 0 Å². The van der Waals surface area contributed by atoms with Gasteiger partial charge in [-0.3, -0.25) is 4.79 Å². The van der Waals surface area contributed by atoms with Gasteiger partial charge in [0.15, 0.2) is 0 Å². The first-order valence-electron chi connectivity index (χ1n) is 9.66. The van der Waals surface area contributed by atoms with Crippen LogP contribution in [-0.4, -0.2) is 59.0 Å². The number of carbonyl (C=O) groups excluding carboxylic acids is 1. The molecule has 160 valence electrons. The third-order valence-electron chi connectivity index (χ3n) is 6.08.